The molecule has 2 N–H and O–H groups in total. The molecule has 0 aliphatic carbocycles. The Hall–Kier alpha value is -0.380. The molecule has 3 heteroatoms. The van der Waals surface area contributed by atoms with Gasteiger partial charge in [-0.1, -0.05) is 15.9 Å². The maximum Gasteiger partial charge on any atom is 0.0917 e. The molecule has 0 saturated carbocycles. The van der Waals surface area contributed by atoms with Crippen LogP contribution in [0.4, 0.5) is 0 Å². The Morgan fingerprint density at radius 2 is 2.07 bits per heavy atom. The molecule has 1 aromatic rings. The summed E-state index contributed by atoms with van der Waals surface area (Å²) in [5.74, 6) is 0. The lowest BCUT2D eigenvalue weighted by Crippen LogP contribution is -2.17. The molecule has 0 bridgehead atoms. The molecule has 0 aliphatic rings. The zero-order valence-corrected chi connectivity index (χ0v) is 10.4. The van der Waals surface area contributed by atoms with Gasteiger partial charge < -0.3 is 10.4 Å². The number of hydrogen-bond donors (Lipinski definition) is 2. The van der Waals surface area contributed by atoms with Gasteiger partial charge in [0.1, 0.15) is 0 Å². The summed E-state index contributed by atoms with van der Waals surface area (Å²) in [5, 5.41) is 12.8. The summed E-state index contributed by atoms with van der Waals surface area (Å²) >= 11 is 3.44. The highest BCUT2D eigenvalue weighted by molar-refractivity contribution is 9.10. The first kappa shape index (κ1) is 11.7. The van der Waals surface area contributed by atoms with Crippen LogP contribution in [0.15, 0.2) is 16.6 Å². The van der Waals surface area contributed by atoms with Crippen LogP contribution in [-0.4, -0.2) is 18.7 Å². The predicted molar refractivity (Wildman–Crippen MR) is 62.5 cm³/mol. The Bertz CT molecular complexity index is 325. The minimum atomic E-state index is -0.434. The molecule has 0 radical (unpaired) electrons. The molecule has 0 fully saturated rings. The topological polar surface area (TPSA) is 32.3 Å². The Kier molecular flexibility index (Phi) is 4.11. The Morgan fingerprint density at radius 1 is 1.43 bits per heavy atom. The van der Waals surface area contributed by atoms with Crippen molar-refractivity contribution in [3.05, 3.63) is 33.3 Å². The van der Waals surface area contributed by atoms with E-state index in [0.29, 0.717) is 6.54 Å². The van der Waals surface area contributed by atoms with Crippen molar-refractivity contribution in [3.8, 4) is 0 Å². The van der Waals surface area contributed by atoms with Crippen molar-refractivity contribution in [2.24, 2.45) is 0 Å². The van der Waals surface area contributed by atoms with Gasteiger partial charge in [0.25, 0.3) is 0 Å². The minimum absolute atomic E-state index is 0.434. The number of aliphatic hydroxyl groups is 1. The van der Waals surface area contributed by atoms with Gasteiger partial charge in [0, 0.05) is 11.0 Å². The SMILES string of the molecule is CNCC(O)c1cc(Br)cc(C)c1C. The third-order valence-corrected chi connectivity index (χ3v) is 2.89. The van der Waals surface area contributed by atoms with Gasteiger partial charge in [-0.3, -0.25) is 0 Å². The van der Waals surface area contributed by atoms with Gasteiger partial charge in [0.05, 0.1) is 6.10 Å². The van der Waals surface area contributed by atoms with Crippen LogP contribution >= 0.6 is 15.9 Å². The number of benzene rings is 1. The molecule has 1 atom stereocenters. The van der Waals surface area contributed by atoms with Crippen molar-refractivity contribution in [2.45, 2.75) is 20.0 Å². The molecule has 0 aromatic heterocycles. The van der Waals surface area contributed by atoms with Crippen LogP contribution in [0.3, 0.4) is 0 Å². The first-order chi connectivity index (χ1) is 6.56. The monoisotopic (exact) mass is 257 g/mol. The van der Waals surface area contributed by atoms with Crippen molar-refractivity contribution >= 4 is 15.9 Å². The molecule has 78 valence electrons. The van der Waals surface area contributed by atoms with Gasteiger partial charge in [-0.2, -0.15) is 0 Å². The highest BCUT2D eigenvalue weighted by Gasteiger charge is 2.11. The third kappa shape index (κ3) is 2.56. The standard InChI is InChI=1S/C11H16BrNO/c1-7-4-9(12)5-10(8(7)2)11(14)6-13-3/h4-5,11,13-14H,6H2,1-3H3. The maximum atomic E-state index is 9.87. The van der Waals surface area contributed by atoms with E-state index >= 15 is 0 Å². The third-order valence-electron chi connectivity index (χ3n) is 2.43. The molecule has 0 heterocycles. The predicted octanol–water partition coefficient (Wildman–Crippen LogP) is 2.32. The van der Waals surface area contributed by atoms with Crippen LogP contribution in [-0.2, 0) is 0 Å². The lowest BCUT2D eigenvalue weighted by Gasteiger charge is -2.15. The van der Waals surface area contributed by atoms with Crippen LogP contribution in [0, 0.1) is 13.8 Å². The quantitative estimate of drug-likeness (QED) is 0.872. The van der Waals surface area contributed by atoms with Crippen LogP contribution in [0.2, 0.25) is 0 Å². The Labute approximate surface area is 93.5 Å². The summed E-state index contributed by atoms with van der Waals surface area (Å²) in [4.78, 5) is 0. The van der Waals surface area contributed by atoms with Crippen molar-refractivity contribution < 1.29 is 5.11 Å². The number of hydrogen-bond acceptors (Lipinski definition) is 2. The van der Waals surface area contributed by atoms with E-state index in [1.807, 2.05) is 20.0 Å². The van der Waals surface area contributed by atoms with Crippen LogP contribution in [0.5, 0.6) is 0 Å². The molecular formula is C11H16BrNO. The van der Waals surface area contributed by atoms with Crippen LogP contribution < -0.4 is 5.32 Å². The summed E-state index contributed by atoms with van der Waals surface area (Å²) < 4.78 is 1.02. The van der Waals surface area contributed by atoms with E-state index in [0.717, 1.165) is 15.6 Å². The second-order valence-electron chi connectivity index (χ2n) is 3.51. The van der Waals surface area contributed by atoms with E-state index in [9.17, 15) is 5.11 Å². The molecular weight excluding hydrogens is 242 g/mol. The van der Waals surface area contributed by atoms with Gasteiger partial charge in [0.15, 0.2) is 0 Å². The average molecular weight is 258 g/mol. The molecule has 0 spiro atoms. The van der Waals surface area contributed by atoms with Gasteiger partial charge in [-0.15, -0.1) is 0 Å². The number of aryl methyl sites for hydroxylation is 1. The van der Waals surface area contributed by atoms with Gasteiger partial charge in [0.2, 0.25) is 0 Å². The zero-order chi connectivity index (χ0) is 10.7. The first-order valence-corrected chi connectivity index (χ1v) is 5.45. The number of rotatable bonds is 3. The number of nitrogens with one attached hydrogen (secondary N) is 1. The number of likely N-dealkylation sites (N-methyl/N-ethyl adjacent to an activating group) is 1. The summed E-state index contributed by atoms with van der Waals surface area (Å²) in [6.45, 7) is 4.67. The molecule has 1 rings (SSSR count). The summed E-state index contributed by atoms with van der Waals surface area (Å²) in [5.41, 5.74) is 3.35. The van der Waals surface area contributed by atoms with Gasteiger partial charge in [-0.05, 0) is 49.7 Å². The second kappa shape index (κ2) is 4.91. The molecule has 0 saturated heterocycles. The highest BCUT2D eigenvalue weighted by Crippen LogP contribution is 2.25. The number of halogens is 1. The Morgan fingerprint density at radius 3 is 2.64 bits per heavy atom. The lowest BCUT2D eigenvalue weighted by molar-refractivity contribution is 0.177. The summed E-state index contributed by atoms with van der Waals surface area (Å²) in [6, 6.07) is 4.04. The van der Waals surface area contributed by atoms with Crippen molar-refractivity contribution in [2.75, 3.05) is 13.6 Å². The maximum absolute atomic E-state index is 9.87. The van der Waals surface area contributed by atoms with Crippen molar-refractivity contribution in [1.29, 1.82) is 0 Å². The summed E-state index contributed by atoms with van der Waals surface area (Å²) in [6.07, 6.45) is -0.434. The zero-order valence-electron chi connectivity index (χ0n) is 8.76. The van der Waals surface area contributed by atoms with Gasteiger partial charge >= 0.3 is 0 Å². The largest absolute Gasteiger partial charge is 0.387 e. The average Bonchev–Trinajstić information content (AvgIpc) is 2.11. The second-order valence-corrected chi connectivity index (χ2v) is 4.43. The molecule has 1 unspecified atom stereocenters. The van der Waals surface area contributed by atoms with E-state index in [-0.39, 0.29) is 0 Å². The fraction of sp³-hybridized carbons (Fsp3) is 0.455. The molecule has 1 aromatic carbocycles. The normalized spacial score (nSPS) is 12.9. The van der Waals surface area contributed by atoms with E-state index in [1.165, 1.54) is 5.56 Å². The van der Waals surface area contributed by atoms with Gasteiger partial charge in [-0.25, -0.2) is 0 Å². The summed E-state index contributed by atoms with van der Waals surface area (Å²) in [7, 11) is 1.84. The van der Waals surface area contributed by atoms with Crippen molar-refractivity contribution in [3.63, 3.8) is 0 Å². The fourth-order valence-corrected chi connectivity index (χ4v) is 2.08. The van der Waals surface area contributed by atoms with E-state index < -0.39 is 6.10 Å². The molecule has 0 amide bonds. The van der Waals surface area contributed by atoms with E-state index in [2.05, 4.69) is 34.2 Å². The first-order valence-electron chi connectivity index (χ1n) is 4.65. The van der Waals surface area contributed by atoms with Crippen LogP contribution in [0.1, 0.15) is 22.8 Å². The smallest absolute Gasteiger partial charge is 0.0917 e. The highest BCUT2D eigenvalue weighted by atomic mass is 79.9. The minimum Gasteiger partial charge on any atom is -0.387 e. The van der Waals surface area contributed by atoms with Crippen LogP contribution in [0.25, 0.3) is 0 Å². The Balaban J connectivity index is 3.07. The van der Waals surface area contributed by atoms with E-state index in [4.69, 9.17) is 0 Å². The fourth-order valence-electron chi connectivity index (χ4n) is 1.49. The van der Waals surface area contributed by atoms with Crippen molar-refractivity contribution in [1.82, 2.24) is 5.32 Å². The molecule has 2 nitrogen and oxygen atoms in total. The van der Waals surface area contributed by atoms with E-state index in [1.54, 1.807) is 0 Å². The molecule has 14 heavy (non-hydrogen) atoms. The lowest BCUT2D eigenvalue weighted by atomic mass is 9.99. The number of aliphatic hydroxyl groups excluding tert-OH is 1. The molecule has 0 aliphatic heterocycles.